The van der Waals surface area contributed by atoms with Crippen LogP contribution in [0.15, 0.2) is 31.8 Å². The monoisotopic (exact) mass is 353 g/mol. The van der Waals surface area contributed by atoms with Crippen LogP contribution in [0.5, 0.6) is 0 Å². The maximum Gasteiger partial charge on any atom is 0.283 e. The van der Waals surface area contributed by atoms with Crippen molar-refractivity contribution >= 4 is 15.9 Å². The maximum atomic E-state index is 9.84. The van der Waals surface area contributed by atoms with E-state index >= 15 is 0 Å². The van der Waals surface area contributed by atoms with Crippen molar-refractivity contribution in [2.75, 3.05) is 0 Å². The van der Waals surface area contributed by atoms with Gasteiger partial charge in [-0.15, -0.1) is 15.3 Å². The van der Waals surface area contributed by atoms with Crippen molar-refractivity contribution < 1.29 is 13.9 Å². The van der Waals surface area contributed by atoms with E-state index in [2.05, 4.69) is 36.4 Å². The molecule has 0 spiro atoms. The van der Waals surface area contributed by atoms with Gasteiger partial charge in [-0.2, -0.15) is 0 Å². The van der Waals surface area contributed by atoms with Crippen LogP contribution in [0.3, 0.4) is 0 Å². The first-order valence-electron chi connectivity index (χ1n) is 6.13. The third-order valence-electron chi connectivity index (χ3n) is 2.71. The summed E-state index contributed by atoms with van der Waals surface area (Å²) in [6.45, 7) is 3.54. The van der Waals surface area contributed by atoms with E-state index in [4.69, 9.17) is 8.83 Å². The third kappa shape index (κ3) is 3.03. The minimum atomic E-state index is -1.04. The fourth-order valence-electron chi connectivity index (χ4n) is 1.64. The van der Waals surface area contributed by atoms with Gasteiger partial charge < -0.3 is 13.9 Å². The molecule has 9 heteroatoms. The van der Waals surface area contributed by atoms with Crippen molar-refractivity contribution in [1.29, 1.82) is 0 Å². The third-order valence-corrected chi connectivity index (χ3v) is 3.14. The molecule has 0 fully saturated rings. The lowest BCUT2D eigenvalue weighted by atomic mass is 10.1. The van der Waals surface area contributed by atoms with Gasteiger partial charge in [-0.25, -0.2) is 4.68 Å². The minimum Gasteiger partial charge on any atom is -0.444 e. The lowest BCUT2D eigenvalue weighted by molar-refractivity contribution is 0.0737. The van der Waals surface area contributed by atoms with Gasteiger partial charge in [-0.05, 0) is 41.9 Å². The van der Waals surface area contributed by atoms with E-state index in [1.54, 1.807) is 32.2 Å². The molecule has 0 saturated carbocycles. The average molecular weight is 354 g/mol. The highest BCUT2D eigenvalue weighted by Crippen LogP contribution is 2.24. The molecule has 1 N–H and O–H groups in total. The van der Waals surface area contributed by atoms with Gasteiger partial charge in [0.25, 0.3) is 5.89 Å². The van der Waals surface area contributed by atoms with E-state index in [0.717, 1.165) is 0 Å². The van der Waals surface area contributed by atoms with E-state index in [1.807, 2.05) is 0 Å². The number of aromatic nitrogens is 5. The first kappa shape index (κ1) is 14.0. The van der Waals surface area contributed by atoms with Crippen molar-refractivity contribution in [2.24, 2.45) is 0 Å². The fourth-order valence-corrected chi connectivity index (χ4v) is 1.95. The Morgan fingerprint density at radius 2 is 2.05 bits per heavy atom. The van der Waals surface area contributed by atoms with Crippen LogP contribution in [-0.4, -0.2) is 30.3 Å². The molecule has 0 unspecified atom stereocenters. The van der Waals surface area contributed by atoms with Crippen LogP contribution in [0.25, 0.3) is 11.7 Å². The summed E-state index contributed by atoms with van der Waals surface area (Å²) in [7, 11) is 0. The van der Waals surface area contributed by atoms with Crippen molar-refractivity contribution in [2.45, 2.75) is 26.0 Å². The van der Waals surface area contributed by atoms with Crippen LogP contribution in [0, 0.1) is 0 Å². The molecule has 0 amide bonds. The zero-order valence-corrected chi connectivity index (χ0v) is 12.9. The molecule has 0 aliphatic rings. The van der Waals surface area contributed by atoms with Crippen LogP contribution < -0.4 is 0 Å². The van der Waals surface area contributed by atoms with Crippen molar-refractivity contribution in [3.63, 3.8) is 0 Å². The minimum absolute atomic E-state index is 0.262. The van der Waals surface area contributed by atoms with Gasteiger partial charge in [0, 0.05) is 0 Å². The molecular formula is C12H12BrN5O3. The van der Waals surface area contributed by atoms with E-state index in [0.29, 0.717) is 27.9 Å². The summed E-state index contributed by atoms with van der Waals surface area (Å²) in [6, 6.07) is 3.47. The molecule has 0 saturated heterocycles. The van der Waals surface area contributed by atoms with Crippen LogP contribution in [0.2, 0.25) is 0 Å². The molecule has 3 heterocycles. The summed E-state index contributed by atoms with van der Waals surface area (Å²) in [5, 5.41) is 25.5. The van der Waals surface area contributed by atoms with Crippen LogP contribution >= 0.6 is 15.9 Å². The fraction of sp³-hybridized carbons (Fsp3) is 0.333. The molecule has 3 rings (SSSR count). The van der Waals surface area contributed by atoms with Crippen molar-refractivity contribution in [3.05, 3.63) is 34.6 Å². The van der Waals surface area contributed by atoms with E-state index in [-0.39, 0.29) is 6.54 Å². The molecule has 0 atom stereocenters. The second-order valence-electron chi connectivity index (χ2n) is 4.97. The zero-order chi connectivity index (χ0) is 15.0. The van der Waals surface area contributed by atoms with E-state index in [9.17, 15) is 5.11 Å². The van der Waals surface area contributed by atoms with Crippen LogP contribution in [0.4, 0.5) is 0 Å². The Kier molecular flexibility index (Phi) is 3.38. The Morgan fingerprint density at radius 3 is 2.67 bits per heavy atom. The number of hydrogen-bond donors (Lipinski definition) is 1. The summed E-state index contributed by atoms with van der Waals surface area (Å²) < 4.78 is 12.9. The van der Waals surface area contributed by atoms with Crippen molar-refractivity contribution in [1.82, 2.24) is 25.2 Å². The second-order valence-corrected chi connectivity index (χ2v) is 5.75. The Labute approximate surface area is 127 Å². The largest absolute Gasteiger partial charge is 0.444 e. The van der Waals surface area contributed by atoms with E-state index in [1.165, 1.54) is 4.68 Å². The Hall–Kier alpha value is -2.00. The van der Waals surface area contributed by atoms with Gasteiger partial charge >= 0.3 is 0 Å². The molecule has 8 nitrogen and oxygen atoms in total. The van der Waals surface area contributed by atoms with E-state index < -0.39 is 5.60 Å². The number of hydrogen-bond acceptors (Lipinski definition) is 7. The Morgan fingerprint density at radius 1 is 1.24 bits per heavy atom. The predicted octanol–water partition coefficient (Wildman–Crippen LogP) is 1.96. The quantitative estimate of drug-likeness (QED) is 0.764. The van der Waals surface area contributed by atoms with Gasteiger partial charge in [-0.3, -0.25) is 0 Å². The molecule has 0 aliphatic heterocycles. The van der Waals surface area contributed by atoms with Crippen molar-refractivity contribution in [3.8, 4) is 11.7 Å². The number of nitrogens with zero attached hydrogens (tertiary/aromatic N) is 5. The normalized spacial score (nSPS) is 12.0. The highest BCUT2D eigenvalue weighted by Gasteiger charge is 2.20. The Bertz CT molecular complexity index is 755. The zero-order valence-electron chi connectivity index (χ0n) is 11.3. The number of furan rings is 1. The van der Waals surface area contributed by atoms with Gasteiger partial charge in [-0.1, -0.05) is 5.21 Å². The smallest absolute Gasteiger partial charge is 0.283 e. The average Bonchev–Trinajstić information content (AvgIpc) is 3.08. The summed E-state index contributed by atoms with van der Waals surface area (Å²) in [4.78, 5) is 0. The first-order valence-corrected chi connectivity index (χ1v) is 6.92. The van der Waals surface area contributed by atoms with Crippen LogP contribution in [0.1, 0.15) is 25.4 Å². The molecule has 0 aromatic carbocycles. The first-order chi connectivity index (χ1) is 9.91. The number of rotatable bonds is 4. The predicted molar refractivity (Wildman–Crippen MR) is 74.1 cm³/mol. The second kappa shape index (κ2) is 5.08. The number of halogens is 1. The molecule has 0 bridgehead atoms. The standard InChI is InChI=1S/C12H12BrN5O3/c1-12(2,19)8-5-18(17-14-8)6-10-15-16-11(21-10)7-3-4-9(13)20-7/h3-5,19H,6H2,1-2H3. The lowest BCUT2D eigenvalue weighted by Gasteiger charge is -2.11. The summed E-state index contributed by atoms with van der Waals surface area (Å²) in [5.41, 5.74) is -0.573. The summed E-state index contributed by atoms with van der Waals surface area (Å²) >= 11 is 3.21. The highest BCUT2D eigenvalue weighted by molar-refractivity contribution is 9.10. The highest BCUT2D eigenvalue weighted by atomic mass is 79.9. The summed E-state index contributed by atoms with van der Waals surface area (Å²) in [6.07, 6.45) is 1.63. The molecule has 110 valence electrons. The molecular weight excluding hydrogens is 342 g/mol. The summed E-state index contributed by atoms with van der Waals surface area (Å²) in [5.74, 6) is 1.14. The molecule has 0 aliphatic carbocycles. The lowest BCUT2D eigenvalue weighted by Crippen LogP contribution is -2.15. The molecule has 3 aromatic rings. The molecule has 3 aromatic heterocycles. The topological polar surface area (TPSA) is 103 Å². The molecule has 21 heavy (non-hydrogen) atoms. The maximum absolute atomic E-state index is 9.84. The van der Waals surface area contributed by atoms with Crippen LogP contribution in [-0.2, 0) is 12.1 Å². The molecule has 0 radical (unpaired) electrons. The van der Waals surface area contributed by atoms with Gasteiger partial charge in [0.15, 0.2) is 10.4 Å². The Balaban J connectivity index is 1.77. The van der Waals surface area contributed by atoms with Gasteiger partial charge in [0.1, 0.15) is 17.8 Å². The van der Waals surface area contributed by atoms with Gasteiger partial charge in [0.05, 0.1) is 6.20 Å². The van der Waals surface area contributed by atoms with Gasteiger partial charge in [0.2, 0.25) is 5.89 Å². The SMILES string of the molecule is CC(C)(O)c1cn(Cc2nnc(-c3ccc(Br)o3)o2)nn1. The number of aliphatic hydroxyl groups is 1.